The molecule has 0 aliphatic rings. The number of carbonyl (C=O) groups excluding carboxylic acids is 1. The van der Waals surface area contributed by atoms with Crippen LogP contribution < -0.4 is 5.11 Å². The molecule has 0 fully saturated rings. The van der Waals surface area contributed by atoms with Crippen LogP contribution in [0.5, 0.6) is 0 Å². The highest BCUT2D eigenvalue weighted by Crippen LogP contribution is 2.25. The van der Waals surface area contributed by atoms with Crippen LogP contribution in [0.4, 0.5) is 4.39 Å². The van der Waals surface area contributed by atoms with Gasteiger partial charge in [-0.15, -0.1) is 11.8 Å². The standard InChI is InChI=1S/C14H11FO2S/c15-11-7-5-10(6-8-11)9-18-13-4-2-1-3-12(13)14(16)17/h1-8H,9H2,(H,16,17)/p-1. The van der Waals surface area contributed by atoms with Gasteiger partial charge in [-0.2, -0.15) is 0 Å². The van der Waals surface area contributed by atoms with Crippen molar-refractivity contribution in [3.8, 4) is 0 Å². The molecule has 0 bridgehead atoms. The summed E-state index contributed by atoms with van der Waals surface area (Å²) >= 11 is 1.39. The smallest absolute Gasteiger partial charge is 0.123 e. The zero-order valence-electron chi connectivity index (χ0n) is 9.43. The van der Waals surface area contributed by atoms with E-state index in [0.29, 0.717) is 10.6 Å². The molecule has 2 nitrogen and oxygen atoms in total. The third-order valence-corrected chi connectivity index (χ3v) is 3.56. The summed E-state index contributed by atoms with van der Waals surface area (Å²) in [5.74, 6) is -0.874. The van der Waals surface area contributed by atoms with E-state index in [2.05, 4.69) is 0 Å². The molecular formula is C14H10FO2S-. The summed E-state index contributed by atoms with van der Waals surface area (Å²) < 4.78 is 12.7. The normalized spacial score (nSPS) is 10.3. The Hall–Kier alpha value is -1.81. The average Bonchev–Trinajstić information content (AvgIpc) is 2.38. The molecule has 18 heavy (non-hydrogen) atoms. The van der Waals surface area contributed by atoms with Crippen molar-refractivity contribution in [2.24, 2.45) is 0 Å². The van der Waals surface area contributed by atoms with Crippen molar-refractivity contribution in [2.75, 3.05) is 0 Å². The lowest BCUT2D eigenvalue weighted by atomic mass is 10.2. The Labute approximate surface area is 108 Å². The Kier molecular flexibility index (Phi) is 3.99. The zero-order valence-corrected chi connectivity index (χ0v) is 10.2. The number of carboxylic acids is 1. The monoisotopic (exact) mass is 261 g/mol. The molecule has 0 aromatic heterocycles. The van der Waals surface area contributed by atoms with Crippen LogP contribution in [0.2, 0.25) is 0 Å². The van der Waals surface area contributed by atoms with E-state index >= 15 is 0 Å². The molecular weight excluding hydrogens is 251 g/mol. The molecule has 0 amide bonds. The quantitative estimate of drug-likeness (QED) is 0.794. The molecule has 0 unspecified atom stereocenters. The lowest BCUT2D eigenvalue weighted by Crippen LogP contribution is -2.22. The van der Waals surface area contributed by atoms with Crippen molar-refractivity contribution < 1.29 is 14.3 Å². The second kappa shape index (κ2) is 5.69. The van der Waals surface area contributed by atoms with Crippen LogP contribution in [0.1, 0.15) is 15.9 Å². The Morgan fingerprint density at radius 2 is 1.78 bits per heavy atom. The van der Waals surface area contributed by atoms with Crippen LogP contribution in [0.15, 0.2) is 53.4 Å². The number of benzene rings is 2. The summed E-state index contributed by atoms with van der Waals surface area (Å²) in [6.07, 6.45) is 0. The second-order valence-corrected chi connectivity index (χ2v) is 4.72. The molecule has 4 heteroatoms. The maximum absolute atomic E-state index is 12.7. The van der Waals surface area contributed by atoms with Crippen molar-refractivity contribution in [1.29, 1.82) is 0 Å². The summed E-state index contributed by atoms with van der Waals surface area (Å²) in [5.41, 5.74) is 1.12. The van der Waals surface area contributed by atoms with E-state index in [-0.39, 0.29) is 11.4 Å². The number of carbonyl (C=O) groups is 1. The van der Waals surface area contributed by atoms with Crippen molar-refractivity contribution in [3.05, 3.63) is 65.5 Å². The van der Waals surface area contributed by atoms with E-state index in [1.807, 2.05) is 0 Å². The third kappa shape index (κ3) is 3.11. The minimum absolute atomic E-state index is 0.185. The van der Waals surface area contributed by atoms with Gasteiger partial charge in [-0.3, -0.25) is 0 Å². The van der Waals surface area contributed by atoms with Gasteiger partial charge in [-0.25, -0.2) is 4.39 Å². The molecule has 2 aromatic carbocycles. The Morgan fingerprint density at radius 3 is 2.44 bits per heavy atom. The summed E-state index contributed by atoms with van der Waals surface area (Å²) in [6, 6.07) is 12.8. The molecule has 0 saturated heterocycles. The third-order valence-electron chi connectivity index (χ3n) is 2.41. The molecule has 0 aliphatic heterocycles. The fourth-order valence-electron chi connectivity index (χ4n) is 1.50. The maximum Gasteiger partial charge on any atom is 0.123 e. The van der Waals surface area contributed by atoms with Gasteiger partial charge in [0.1, 0.15) is 5.82 Å². The van der Waals surface area contributed by atoms with Gasteiger partial charge in [0.15, 0.2) is 0 Å². The van der Waals surface area contributed by atoms with Crippen LogP contribution in [0.3, 0.4) is 0 Å². The molecule has 2 aromatic rings. The number of rotatable bonds is 4. The maximum atomic E-state index is 12.7. The Bertz CT molecular complexity index is 552. The number of hydrogen-bond acceptors (Lipinski definition) is 3. The van der Waals surface area contributed by atoms with Crippen molar-refractivity contribution in [3.63, 3.8) is 0 Å². The van der Waals surface area contributed by atoms with Gasteiger partial charge in [0.2, 0.25) is 0 Å². The van der Waals surface area contributed by atoms with Crippen molar-refractivity contribution in [1.82, 2.24) is 0 Å². The van der Waals surface area contributed by atoms with Crippen LogP contribution in [-0.4, -0.2) is 5.97 Å². The summed E-state index contributed by atoms with van der Waals surface area (Å²) in [7, 11) is 0. The summed E-state index contributed by atoms with van der Waals surface area (Å²) in [4.78, 5) is 11.6. The van der Waals surface area contributed by atoms with Gasteiger partial charge in [0.05, 0.1) is 5.97 Å². The van der Waals surface area contributed by atoms with Crippen molar-refractivity contribution in [2.45, 2.75) is 10.6 Å². The summed E-state index contributed by atoms with van der Waals surface area (Å²) in [5, 5.41) is 10.9. The molecule has 0 spiro atoms. The highest BCUT2D eigenvalue weighted by atomic mass is 32.2. The first-order valence-electron chi connectivity index (χ1n) is 5.34. The largest absolute Gasteiger partial charge is 0.545 e. The highest BCUT2D eigenvalue weighted by Gasteiger charge is 2.03. The molecule has 92 valence electrons. The lowest BCUT2D eigenvalue weighted by Gasteiger charge is -2.09. The fourth-order valence-corrected chi connectivity index (χ4v) is 2.50. The van der Waals surface area contributed by atoms with Gasteiger partial charge in [-0.1, -0.05) is 30.3 Å². The van der Waals surface area contributed by atoms with Gasteiger partial charge >= 0.3 is 0 Å². The first-order chi connectivity index (χ1) is 8.66. The van der Waals surface area contributed by atoms with Crippen LogP contribution in [0, 0.1) is 5.82 Å². The lowest BCUT2D eigenvalue weighted by molar-refractivity contribution is -0.255. The molecule has 0 aliphatic carbocycles. The molecule has 0 N–H and O–H groups in total. The molecule has 0 atom stereocenters. The minimum atomic E-state index is -1.18. The Balaban J connectivity index is 2.10. The minimum Gasteiger partial charge on any atom is -0.545 e. The van der Waals surface area contributed by atoms with Crippen LogP contribution in [-0.2, 0) is 5.75 Å². The Morgan fingerprint density at radius 1 is 1.11 bits per heavy atom. The first-order valence-corrected chi connectivity index (χ1v) is 6.33. The van der Waals surface area contributed by atoms with E-state index < -0.39 is 5.97 Å². The first kappa shape index (κ1) is 12.6. The van der Waals surface area contributed by atoms with E-state index in [4.69, 9.17) is 0 Å². The fraction of sp³-hybridized carbons (Fsp3) is 0.0714. The molecule has 0 heterocycles. The highest BCUT2D eigenvalue weighted by molar-refractivity contribution is 7.98. The summed E-state index contributed by atoms with van der Waals surface area (Å²) in [6.45, 7) is 0. The van der Waals surface area contributed by atoms with Gasteiger partial charge < -0.3 is 9.90 Å². The number of carboxylic acid groups (broad SMARTS) is 1. The molecule has 0 radical (unpaired) electrons. The predicted octanol–water partition coefficient (Wildman–Crippen LogP) is 2.48. The molecule has 2 rings (SSSR count). The van der Waals surface area contributed by atoms with Crippen LogP contribution >= 0.6 is 11.8 Å². The topological polar surface area (TPSA) is 40.1 Å². The average molecular weight is 261 g/mol. The SMILES string of the molecule is O=C([O-])c1ccccc1SCc1ccc(F)cc1. The van der Waals surface area contributed by atoms with Gasteiger partial charge in [0, 0.05) is 16.2 Å². The number of halogens is 1. The van der Waals surface area contributed by atoms with E-state index in [9.17, 15) is 14.3 Å². The van der Waals surface area contributed by atoms with Gasteiger partial charge in [0.25, 0.3) is 0 Å². The number of aromatic carboxylic acids is 1. The number of hydrogen-bond donors (Lipinski definition) is 0. The molecule has 0 saturated carbocycles. The van der Waals surface area contributed by atoms with Gasteiger partial charge in [-0.05, 0) is 23.8 Å². The number of thioether (sulfide) groups is 1. The van der Waals surface area contributed by atoms with E-state index in [1.165, 1.54) is 30.0 Å². The van der Waals surface area contributed by atoms with E-state index in [0.717, 1.165) is 5.56 Å². The zero-order chi connectivity index (χ0) is 13.0. The van der Waals surface area contributed by atoms with Crippen LogP contribution in [0.25, 0.3) is 0 Å². The van der Waals surface area contributed by atoms with E-state index in [1.54, 1.807) is 30.3 Å². The second-order valence-electron chi connectivity index (χ2n) is 3.70. The van der Waals surface area contributed by atoms with Crippen molar-refractivity contribution >= 4 is 17.7 Å². The predicted molar refractivity (Wildman–Crippen MR) is 66.7 cm³/mol.